The summed E-state index contributed by atoms with van der Waals surface area (Å²) in [5.41, 5.74) is 4.90. The predicted octanol–water partition coefficient (Wildman–Crippen LogP) is -0.660. The van der Waals surface area contributed by atoms with Crippen molar-refractivity contribution in [1.29, 1.82) is 0 Å². The fourth-order valence-electron chi connectivity index (χ4n) is 0. The molecule has 0 aromatic carbocycles. The van der Waals surface area contributed by atoms with E-state index in [-0.39, 0.29) is 21.7 Å². The molecule has 0 heterocycles. The number of nitrogens with two attached hydrogens (primary N) is 1. The molecule has 0 fully saturated rings. The van der Waals surface area contributed by atoms with E-state index in [1.165, 1.54) is 0 Å². The van der Waals surface area contributed by atoms with Crippen LogP contribution in [0.15, 0.2) is 0 Å². The Hall–Kier alpha value is 0.554. The van der Waals surface area contributed by atoms with Crippen LogP contribution in [0.5, 0.6) is 0 Å². The van der Waals surface area contributed by atoms with Crippen molar-refractivity contribution in [2.75, 3.05) is 21.3 Å². The van der Waals surface area contributed by atoms with Crippen molar-refractivity contribution in [2.24, 2.45) is 5.73 Å². The fraction of sp³-hybridized carbons (Fsp3) is 0.833. The average Bonchev–Trinajstić information content (AvgIpc) is 2.14. The maximum absolute atomic E-state index is 7.00. The van der Waals surface area contributed by atoms with Crippen molar-refractivity contribution in [1.82, 2.24) is 0 Å². The molecule has 0 bridgehead atoms. The van der Waals surface area contributed by atoms with Gasteiger partial charge in [-0.25, -0.2) is 0 Å². The smallest absolute Gasteiger partial charge is 0.0319 e. The van der Waals surface area contributed by atoms with Crippen molar-refractivity contribution >= 4 is 0 Å². The van der Waals surface area contributed by atoms with Gasteiger partial charge in [0.25, 0.3) is 0 Å². The number of hydrogen-bond acceptors (Lipinski definition) is 4. The molecule has 0 rings (SSSR count). The molecular weight excluding hydrogens is 182 g/mol. The summed E-state index contributed by atoms with van der Waals surface area (Å²) in [6.45, 7) is 3.62. The maximum atomic E-state index is 7.00. The summed E-state index contributed by atoms with van der Waals surface area (Å²) in [7, 11) is 3.00. The van der Waals surface area contributed by atoms with Crippen LogP contribution in [0.25, 0.3) is 0 Å². The van der Waals surface area contributed by atoms with Gasteiger partial charge in [0.2, 0.25) is 0 Å². The van der Waals surface area contributed by atoms with Crippen LogP contribution >= 0.6 is 0 Å². The Morgan fingerprint density at radius 2 is 1.09 bits per heavy atom. The molecule has 0 aliphatic rings. The average molecular weight is 202 g/mol. The molecule has 5 N–H and O–H groups in total. The Bertz CT molecular complexity index is 19.8. The van der Waals surface area contributed by atoms with Crippen LogP contribution in [0.3, 0.4) is 0 Å². The van der Waals surface area contributed by atoms with Crippen molar-refractivity contribution in [2.45, 2.75) is 13.3 Å². The molecule has 0 spiro atoms. The van der Waals surface area contributed by atoms with Crippen molar-refractivity contribution in [3.05, 3.63) is 6.54 Å². The summed E-state index contributed by atoms with van der Waals surface area (Å²) in [5.74, 6) is 0. The van der Waals surface area contributed by atoms with Gasteiger partial charge in [0.1, 0.15) is 0 Å². The molecular formula is C6H20NO3Ti-. The van der Waals surface area contributed by atoms with Gasteiger partial charge < -0.3 is 21.1 Å². The summed E-state index contributed by atoms with van der Waals surface area (Å²) >= 11 is 0. The third-order valence-corrected chi connectivity index (χ3v) is 0.236. The van der Waals surface area contributed by atoms with Gasteiger partial charge in [-0.15, -0.1) is 0 Å². The molecule has 0 radical (unpaired) electrons. The van der Waals surface area contributed by atoms with E-state index >= 15 is 0 Å². The normalized spacial score (nSPS) is 4.36. The first-order chi connectivity index (χ1) is 4.91. The first-order valence-corrected chi connectivity index (χ1v) is 2.79. The molecule has 0 aliphatic heterocycles. The fourth-order valence-corrected chi connectivity index (χ4v) is 0. The SMILES string of the molecule is CC[CH-]N.CO.CO.CO.[Ti]. The zero-order valence-corrected chi connectivity index (χ0v) is 9.27. The topological polar surface area (TPSA) is 86.7 Å². The Balaban J connectivity index is -0.0000000152. The van der Waals surface area contributed by atoms with Crippen LogP contribution in [0.4, 0.5) is 0 Å². The largest absolute Gasteiger partial charge is 0.483 e. The standard InChI is InChI=1S/C3H8N.3CH4O.Ti/c1-2-3-4;3*1-2;/h3H,2,4H2,1H3;3*2H,1H3;/q-1;;;;. The van der Waals surface area contributed by atoms with Crippen molar-refractivity contribution in [3.63, 3.8) is 0 Å². The number of aliphatic hydroxyl groups is 3. The Morgan fingerprint density at radius 3 is 1.09 bits per heavy atom. The van der Waals surface area contributed by atoms with E-state index in [9.17, 15) is 0 Å². The van der Waals surface area contributed by atoms with Gasteiger partial charge >= 0.3 is 0 Å². The van der Waals surface area contributed by atoms with E-state index in [1.54, 1.807) is 6.54 Å². The zero-order chi connectivity index (χ0) is 9.41. The minimum Gasteiger partial charge on any atom is -0.483 e. The second-order valence-electron chi connectivity index (χ2n) is 0.644. The second-order valence-corrected chi connectivity index (χ2v) is 0.644. The van der Waals surface area contributed by atoms with Gasteiger partial charge in [-0.2, -0.15) is 6.42 Å². The first-order valence-electron chi connectivity index (χ1n) is 2.79. The van der Waals surface area contributed by atoms with E-state index in [2.05, 4.69) is 0 Å². The summed E-state index contributed by atoms with van der Waals surface area (Å²) < 4.78 is 0. The van der Waals surface area contributed by atoms with E-state index < -0.39 is 0 Å². The van der Waals surface area contributed by atoms with E-state index in [1.807, 2.05) is 6.92 Å². The van der Waals surface area contributed by atoms with Gasteiger partial charge in [0.15, 0.2) is 0 Å². The Labute approximate surface area is 84.3 Å². The zero-order valence-electron chi connectivity index (χ0n) is 7.70. The molecule has 5 heteroatoms. The molecule has 0 atom stereocenters. The second kappa shape index (κ2) is 148. The van der Waals surface area contributed by atoms with Crippen molar-refractivity contribution < 1.29 is 37.0 Å². The van der Waals surface area contributed by atoms with Gasteiger partial charge in [-0.3, -0.25) is 6.54 Å². The number of hydrogen-bond donors (Lipinski definition) is 4. The number of rotatable bonds is 1. The van der Waals surface area contributed by atoms with E-state index in [4.69, 9.17) is 21.1 Å². The molecule has 0 saturated carbocycles. The van der Waals surface area contributed by atoms with Crippen LogP contribution < -0.4 is 5.73 Å². The van der Waals surface area contributed by atoms with Gasteiger partial charge in [-0.05, 0) is 0 Å². The van der Waals surface area contributed by atoms with Crippen LogP contribution in [0, 0.1) is 6.54 Å². The molecule has 11 heavy (non-hydrogen) atoms. The monoisotopic (exact) mass is 202 g/mol. The molecule has 0 aliphatic carbocycles. The summed E-state index contributed by atoms with van der Waals surface area (Å²) in [5, 5.41) is 21.0. The van der Waals surface area contributed by atoms with Gasteiger partial charge in [0, 0.05) is 43.0 Å². The van der Waals surface area contributed by atoms with Crippen LogP contribution in [-0.4, -0.2) is 36.6 Å². The van der Waals surface area contributed by atoms with Crippen molar-refractivity contribution in [3.8, 4) is 0 Å². The van der Waals surface area contributed by atoms with Crippen LogP contribution in [0.1, 0.15) is 13.3 Å². The summed E-state index contributed by atoms with van der Waals surface area (Å²) in [6.07, 6.45) is 0.972. The third kappa shape index (κ3) is 320. The molecule has 0 saturated heterocycles. The summed E-state index contributed by atoms with van der Waals surface area (Å²) in [6, 6.07) is 0. The van der Waals surface area contributed by atoms with Gasteiger partial charge in [-0.1, -0.05) is 6.92 Å². The Morgan fingerprint density at radius 1 is 1.00 bits per heavy atom. The van der Waals surface area contributed by atoms with E-state index in [0.29, 0.717) is 0 Å². The first kappa shape index (κ1) is 30.0. The number of aliphatic hydroxyl groups excluding tert-OH is 3. The van der Waals surface area contributed by atoms with Crippen LogP contribution in [0.2, 0.25) is 0 Å². The maximum Gasteiger partial charge on any atom is 0.0319 e. The molecule has 0 aromatic rings. The minimum absolute atomic E-state index is 0. The van der Waals surface area contributed by atoms with E-state index in [0.717, 1.165) is 27.8 Å². The molecule has 0 amide bonds. The quantitative estimate of drug-likeness (QED) is 0.336. The van der Waals surface area contributed by atoms with Crippen LogP contribution in [-0.2, 0) is 21.7 Å². The Kier molecular flexibility index (Phi) is 402. The molecule has 72 valence electrons. The predicted molar refractivity (Wildman–Crippen MR) is 43.2 cm³/mol. The molecule has 4 nitrogen and oxygen atoms in total. The third-order valence-electron chi connectivity index (χ3n) is 0.236. The molecule has 0 aromatic heterocycles. The minimum atomic E-state index is 0. The van der Waals surface area contributed by atoms with Gasteiger partial charge in [0.05, 0.1) is 0 Å². The molecule has 0 unspecified atom stereocenters. The summed E-state index contributed by atoms with van der Waals surface area (Å²) in [4.78, 5) is 0.